The largest absolute Gasteiger partial charge is 0.376 e. The maximum atomic E-state index is 5.84. The molecule has 160 valence electrons. The van der Waals surface area contributed by atoms with E-state index in [2.05, 4.69) is 43.9 Å². The molecule has 0 bridgehead atoms. The standard InChI is InChI=1S/C25H33N3OS/c1-16-6-10-20(11-7-16)28-15-19-13-22-17(2)8-9-18(3)23(22)27-24(19)30-25(28)26-14-21-5-4-12-29-21/h8-9,13,16,20-21H,4-7,10-12,14-15H2,1-3H3/t16?,20?,21-/m1/s1. The third-order valence-electron chi connectivity index (χ3n) is 7.10. The molecule has 1 aromatic heterocycles. The normalized spacial score (nSPS) is 28.3. The Balaban J connectivity index is 1.50. The van der Waals surface area contributed by atoms with E-state index in [1.165, 1.54) is 54.2 Å². The van der Waals surface area contributed by atoms with Crippen molar-refractivity contribution in [3.8, 4) is 0 Å². The van der Waals surface area contributed by atoms with Crippen molar-refractivity contribution in [2.45, 2.75) is 83.0 Å². The molecule has 5 rings (SSSR count). The third-order valence-corrected chi connectivity index (χ3v) is 8.19. The van der Waals surface area contributed by atoms with Gasteiger partial charge in [-0.15, -0.1) is 0 Å². The van der Waals surface area contributed by atoms with Crippen LogP contribution in [0.5, 0.6) is 0 Å². The molecule has 1 saturated carbocycles. The summed E-state index contributed by atoms with van der Waals surface area (Å²) in [5.74, 6) is 0.856. The highest BCUT2D eigenvalue weighted by Gasteiger charge is 2.32. The quantitative estimate of drug-likeness (QED) is 0.618. The van der Waals surface area contributed by atoms with E-state index in [9.17, 15) is 0 Å². The van der Waals surface area contributed by atoms with Crippen LogP contribution in [0.25, 0.3) is 10.9 Å². The number of amidine groups is 1. The van der Waals surface area contributed by atoms with Gasteiger partial charge in [0.15, 0.2) is 5.17 Å². The lowest BCUT2D eigenvalue weighted by atomic mass is 9.86. The molecule has 4 nitrogen and oxygen atoms in total. The predicted octanol–water partition coefficient (Wildman–Crippen LogP) is 5.87. The highest BCUT2D eigenvalue weighted by atomic mass is 32.2. The number of fused-ring (bicyclic) bond motifs is 2. The Morgan fingerprint density at radius 2 is 1.93 bits per heavy atom. The van der Waals surface area contributed by atoms with E-state index in [-0.39, 0.29) is 0 Å². The summed E-state index contributed by atoms with van der Waals surface area (Å²) >= 11 is 1.78. The van der Waals surface area contributed by atoms with E-state index in [0.717, 1.165) is 47.7 Å². The molecule has 0 N–H and O–H groups in total. The van der Waals surface area contributed by atoms with Crippen LogP contribution in [0, 0.1) is 19.8 Å². The number of pyridine rings is 1. The van der Waals surface area contributed by atoms with Crippen molar-refractivity contribution >= 4 is 27.8 Å². The van der Waals surface area contributed by atoms with E-state index >= 15 is 0 Å². The molecule has 1 atom stereocenters. The second-order valence-electron chi connectivity index (χ2n) is 9.45. The third kappa shape index (κ3) is 3.99. The van der Waals surface area contributed by atoms with E-state index in [0.29, 0.717) is 12.1 Å². The van der Waals surface area contributed by atoms with Gasteiger partial charge in [0.1, 0.15) is 5.03 Å². The minimum absolute atomic E-state index is 0.294. The molecule has 0 radical (unpaired) electrons. The molecule has 0 unspecified atom stereocenters. The minimum atomic E-state index is 0.294. The van der Waals surface area contributed by atoms with Crippen molar-refractivity contribution in [1.29, 1.82) is 0 Å². The van der Waals surface area contributed by atoms with Gasteiger partial charge in [0, 0.05) is 30.1 Å². The Kier molecular flexibility index (Phi) is 5.76. The molecule has 3 heterocycles. The molecule has 0 spiro atoms. The Morgan fingerprint density at radius 1 is 1.13 bits per heavy atom. The first-order valence-corrected chi connectivity index (χ1v) is 12.4. The van der Waals surface area contributed by atoms with Gasteiger partial charge in [-0.2, -0.15) is 0 Å². The smallest absolute Gasteiger partial charge is 0.166 e. The first-order valence-electron chi connectivity index (χ1n) is 11.6. The molecule has 30 heavy (non-hydrogen) atoms. The van der Waals surface area contributed by atoms with Crippen LogP contribution in [0.2, 0.25) is 0 Å². The average Bonchev–Trinajstić information content (AvgIpc) is 3.28. The van der Waals surface area contributed by atoms with E-state index < -0.39 is 0 Å². The maximum Gasteiger partial charge on any atom is 0.166 e. The number of hydrogen-bond acceptors (Lipinski definition) is 4. The number of benzene rings is 1. The summed E-state index contributed by atoms with van der Waals surface area (Å²) < 4.78 is 5.84. The molecule has 2 aliphatic heterocycles. The monoisotopic (exact) mass is 423 g/mol. The Labute approximate surface area is 184 Å². The lowest BCUT2D eigenvalue weighted by Gasteiger charge is -2.40. The molecule has 2 fully saturated rings. The number of hydrogen-bond donors (Lipinski definition) is 0. The van der Waals surface area contributed by atoms with E-state index in [4.69, 9.17) is 14.7 Å². The second-order valence-corrected chi connectivity index (χ2v) is 10.4. The van der Waals surface area contributed by atoms with Crippen LogP contribution >= 0.6 is 11.8 Å². The predicted molar refractivity (Wildman–Crippen MR) is 125 cm³/mol. The van der Waals surface area contributed by atoms with E-state index in [1.54, 1.807) is 11.8 Å². The first-order chi connectivity index (χ1) is 14.6. The van der Waals surface area contributed by atoms with Crippen molar-refractivity contribution in [3.63, 3.8) is 0 Å². The molecule has 1 aliphatic carbocycles. The van der Waals surface area contributed by atoms with Crippen molar-refractivity contribution in [3.05, 3.63) is 34.9 Å². The van der Waals surface area contributed by atoms with Gasteiger partial charge < -0.3 is 9.64 Å². The maximum absolute atomic E-state index is 5.84. The topological polar surface area (TPSA) is 37.7 Å². The molecular weight excluding hydrogens is 390 g/mol. The van der Waals surface area contributed by atoms with Crippen molar-refractivity contribution in [1.82, 2.24) is 9.88 Å². The minimum Gasteiger partial charge on any atom is -0.376 e. The van der Waals surface area contributed by atoms with Gasteiger partial charge in [-0.25, -0.2) is 4.98 Å². The molecule has 1 aromatic carbocycles. The van der Waals surface area contributed by atoms with Gasteiger partial charge in [0.25, 0.3) is 0 Å². The summed E-state index contributed by atoms with van der Waals surface area (Å²) in [5.41, 5.74) is 5.06. The molecule has 1 saturated heterocycles. The number of aryl methyl sites for hydroxylation is 2. The Bertz CT molecular complexity index is 959. The molecule has 3 aliphatic rings. The fourth-order valence-corrected chi connectivity index (χ4v) is 6.12. The van der Waals surface area contributed by atoms with Gasteiger partial charge in [-0.1, -0.05) is 19.1 Å². The van der Waals surface area contributed by atoms with Crippen molar-refractivity contribution in [2.75, 3.05) is 13.2 Å². The lowest BCUT2D eigenvalue weighted by Crippen LogP contribution is -2.42. The number of nitrogens with zero attached hydrogens (tertiary/aromatic N) is 3. The van der Waals surface area contributed by atoms with E-state index in [1.807, 2.05) is 0 Å². The molecular formula is C25H33N3OS. The Hall–Kier alpha value is -1.59. The van der Waals surface area contributed by atoms with Gasteiger partial charge in [-0.3, -0.25) is 4.99 Å². The number of aromatic nitrogens is 1. The van der Waals surface area contributed by atoms with Crippen molar-refractivity contribution in [2.24, 2.45) is 10.9 Å². The van der Waals surface area contributed by atoms with Gasteiger partial charge in [0.05, 0.1) is 18.2 Å². The highest BCUT2D eigenvalue weighted by molar-refractivity contribution is 8.13. The fourth-order valence-electron chi connectivity index (χ4n) is 5.09. The summed E-state index contributed by atoms with van der Waals surface area (Å²) in [4.78, 5) is 12.8. The summed E-state index contributed by atoms with van der Waals surface area (Å²) in [5, 5.41) is 3.60. The molecule has 2 aromatic rings. The van der Waals surface area contributed by atoms with Gasteiger partial charge >= 0.3 is 0 Å². The van der Waals surface area contributed by atoms with Crippen LogP contribution in [-0.2, 0) is 11.3 Å². The molecule has 0 amide bonds. The van der Waals surface area contributed by atoms with Crippen LogP contribution in [0.1, 0.15) is 62.1 Å². The Morgan fingerprint density at radius 3 is 2.70 bits per heavy atom. The number of aliphatic imine (C=N–C) groups is 1. The van der Waals surface area contributed by atoms with Crippen LogP contribution in [0.3, 0.4) is 0 Å². The average molecular weight is 424 g/mol. The SMILES string of the molecule is Cc1ccc(C)c2nc3c(cc12)CN(C1CCC(C)CC1)C(=NC[C@H]1CCCO1)S3. The van der Waals surface area contributed by atoms with Crippen LogP contribution < -0.4 is 0 Å². The zero-order chi connectivity index (χ0) is 20.7. The summed E-state index contributed by atoms with van der Waals surface area (Å²) in [6.45, 7) is 9.36. The van der Waals surface area contributed by atoms with Crippen LogP contribution in [0.4, 0.5) is 0 Å². The first kappa shape index (κ1) is 20.3. The lowest BCUT2D eigenvalue weighted by molar-refractivity contribution is 0.117. The fraction of sp³-hybridized carbons (Fsp3) is 0.600. The zero-order valence-electron chi connectivity index (χ0n) is 18.5. The summed E-state index contributed by atoms with van der Waals surface area (Å²) in [7, 11) is 0. The zero-order valence-corrected chi connectivity index (χ0v) is 19.3. The second kappa shape index (κ2) is 8.51. The number of ether oxygens (including phenoxy) is 1. The highest BCUT2D eigenvalue weighted by Crippen LogP contribution is 2.38. The van der Waals surface area contributed by atoms with Gasteiger partial charge in [-0.05, 0) is 87.2 Å². The molecule has 5 heteroatoms. The van der Waals surface area contributed by atoms with Crippen LogP contribution in [-0.4, -0.2) is 40.3 Å². The number of thioether (sulfide) groups is 1. The number of rotatable bonds is 3. The van der Waals surface area contributed by atoms with Crippen molar-refractivity contribution < 1.29 is 4.74 Å². The van der Waals surface area contributed by atoms with Crippen LogP contribution in [0.15, 0.2) is 28.2 Å². The summed E-state index contributed by atoms with van der Waals surface area (Å²) in [6, 6.07) is 7.39. The summed E-state index contributed by atoms with van der Waals surface area (Å²) in [6.07, 6.45) is 7.80. The van der Waals surface area contributed by atoms with Gasteiger partial charge in [0.2, 0.25) is 0 Å².